The molecule has 84 valence electrons. The minimum absolute atomic E-state index is 0.646. The molecular weight excluding hydrogens is 272 g/mol. The zero-order chi connectivity index (χ0) is 11.5. The maximum Gasteiger partial charge on any atom is 0.184 e. The van der Waals surface area contributed by atoms with Gasteiger partial charge in [-0.2, -0.15) is 0 Å². The van der Waals surface area contributed by atoms with Gasteiger partial charge < -0.3 is 9.16 Å². The summed E-state index contributed by atoms with van der Waals surface area (Å²) in [5, 5.41) is 0. The lowest BCUT2D eigenvalue weighted by Gasteiger charge is -2.18. The molecule has 0 saturated heterocycles. The van der Waals surface area contributed by atoms with E-state index in [1.165, 1.54) is 0 Å². The predicted octanol–water partition coefficient (Wildman–Crippen LogP) is 3.81. The third kappa shape index (κ3) is 4.36. The molecule has 4 heteroatoms. The average molecular weight is 289 g/mol. The van der Waals surface area contributed by atoms with Crippen LogP contribution in [-0.2, 0) is 11.0 Å². The minimum atomic E-state index is -1.45. The largest absolute Gasteiger partial charge is 0.497 e. The second-order valence-corrected chi connectivity index (χ2v) is 9.73. The third-order valence-corrected chi connectivity index (χ3v) is 3.70. The van der Waals surface area contributed by atoms with Gasteiger partial charge in [0.15, 0.2) is 8.32 Å². The van der Waals surface area contributed by atoms with Crippen molar-refractivity contribution in [3.05, 3.63) is 28.2 Å². The highest BCUT2D eigenvalue weighted by atomic mass is 79.9. The first kappa shape index (κ1) is 12.7. The van der Waals surface area contributed by atoms with Gasteiger partial charge >= 0.3 is 0 Å². The van der Waals surface area contributed by atoms with Gasteiger partial charge in [-0.25, -0.2) is 0 Å². The molecule has 0 bridgehead atoms. The van der Waals surface area contributed by atoms with Crippen LogP contribution < -0.4 is 4.74 Å². The molecule has 15 heavy (non-hydrogen) atoms. The van der Waals surface area contributed by atoms with Crippen molar-refractivity contribution in [3.8, 4) is 5.75 Å². The van der Waals surface area contributed by atoms with Gasteiger partial charge in [0.1, 0.15) is 5.75 Å². The van der Waals surface area contributed by atoms with Gasteiger partial charge in [0.25, 0.3) is 0 Å². The monoisotopic (exact) mass is 288 g/mol. The fraction of sp³-hybridized carbons (Fsp3) is 0.455. The Kier molecular flexibility index (Phi) is 4.37. The van der Waals surface area contributed by atoms with Gasteiger partial charge in [-0.1, -0.05) is 15.9 Å². The molecule has 0 saturated carbocycles. The minimum Gasteiger partial charge on any atom is -0.497 e. The van der Waals surface area contributed by atoms with Crippen LogP contribution in [0.25, 0.3) is 0 Å². The molecule has 0 atom stereocenters. The van der Waals surface area contributed by atoms with E-state index in [9.17, 15) is 0 Å². The fourth-order valence-corrected chi connectivity index (χ4v) is 2.03. The Bertz CT molecular complexity index is 334. The first-order valence-corrected chi connectivity index (χ1v) is 9.09. The van der Waals surface area contributed by atoms with Gasteiger partial charge in [-0.3, -0.25) is 0 Å². The molecule has 0 spiro atoms. The number of halogens is 1. The van der Waals surface area contributed by atoms with Crippen LogP contribution in [0, 0.1) is 0 Å². The van der Waals surface area contributed by atoms with Crippen LogP contribution in [0.4, 0.5) is 0 Å². The van der Waals surface area contributed by atoms with Crippen molar-refractivity contribution in [2.24, 2.45) is 0 Å². The van der Waals surface area contributed by atoms with Crippen molar-refractivity contribution in [3.63, 3.8) is 0 Å². The molecule has 0 fully saturated rings. The van der Waals surface area contributed by atoms with Crippen molar-refractivity contribution in [1.29, 1.82) is 0 Å². The summed E-state index contributed by atoms with van der Waals surface area (Å²) in [5.74, 6) is 0.868. The fourth-order valence-electron chi connectivity index (χ4n) is 1.08. The molecule has 1 rings (SSSR count). The van der Waals surface area contributed by atoms with Crippen molar-refractivity contribution in [2.75, 3.05) is 7.11 Å². The standard InChI is InChI=1S/C11H17BrO2Si/c1-13-10-5-6-11(12)9(7-10)8-14-15(2,3)4/h5-7H,8H2,1-4H3. The van der Waals surface area contributed by atoms with Crippen molar-refractivity contribution in [2.45, 2.75) is 26.2 Å². The Morgan fingerprint density at radius 2 is 1.93 bits per heavy atom. The Hall–Kier alpha value is -0.323. The Morgan fingerprint density at radius 1 is 1.27 bits per heavy atom. The van der Waals surface area contributed by atoms with Crippen LogP contribution in [0.5, 0.6) is 5.75 Å². The van der Waals surface area contributed by atoms with Crippen molar-refractivity contribution in [1.82, 2.24) is 0 Å². The molecule has 1 aromatic carbocycles. The van der Waals surface area contributed by atoms with E-state index >= 15 is 0 Å². The summed E-state index contributed by atoms with van der Waals surface area (Å²) in [6.07, 6.45) is 0. The lowest BCUT2D eigenvalue weighted by molar-refractivity contribution is 0.298. The third-order valence-electron chi connectivity index (χ3n) is 1.91. The van der Waals surface area contributed by atoms with E-state index in [1.807, 2.05) is 18.2 Å². The molecule has 0 aromatic heterocycles. The van der Waals surface area contributed by atoms with E-state index < -0.39 is 8.32 Å². The summed E-state index contributed by atoms with van der Waals surface area (Å²) < 4.78 is 12.1. The first-order chi connectivity index (χ1) is 6.92. The first-order valence-electron chi connectivity index (χ1n) is 4.89. The molecule has 0 aliphatic carbocycles. The van der Waals surface area contributed by atoms with Crippen LogP contribution in [0.3, 0.4) is 0 Å². The predicted molar refractivity (Wildman–Crippen MR) is 68.8 cm³/mol. The maximum absolute atomic E-state index is 5.85. The summed E-state index contributed by atoms with van der Waals surface area (Å²) in [7, 11) is 0.221. The summed E-state index contributed by atoms with van der Waals surface area (Å²) in [4.78, 5) is 0. The summed E-state index contributed by atoms with van der Waals surface area (Å²) in [6.45, 7) is 7.19. The molecular formula is C11H17BrO2Si. The van der Waals surface area contributed by atoms with Crippen LogP contribution >= 0.6 is 15.9 Å². The number of rotatable bonds is 4. The molecule has 0 aliphatic heterocycles. The van der Waals surface area contributed by atoms with E-state index in [0.717, 1.165) is 15.8 Å². The van der Waals surface area contributed by atoms with Gasteiger partial charge in [0, 0.05) is 4.47 Å². The van der Waals surface area contributed by atoms with E-state index in [0.29, 0.717) is 6.61 Å². The smallest absolute Gasteiger partial charge is 0.184 e. The Morgan fingerprint density at radius 3 is 2.47 bits per heavy atom. The number of hydrogen-bond acceptors (Lipinski definition) is 2. The lowest BCUT2D eigenvalue weighted by atomic mass is 10.2. The quantitative estimate of drug-likeness (QED) is 0.785. The van der Waals surface area contributed by atoms with Gasteiger partial charge in [0.2, 0.25) is 0 Å². The zero-order valence-corrected chi connectivity index (χ0v) is 12.2. The summed E-state index contributed by atoms with van der Waals surface area (Å²) in [6, 6.07) is 5.92. The number of methoxy groups -OCH3 is 1. The van der Waals surface area contributed by atoms with Crippen LogP contribution in [0.15, 0.2) is 22.7 Å². The van der Waals surface area contributed by atoms with E-state index in [2.05, 4.69) is 35.6 Å². The number of benzene rings is 1. The highest BCUT2D eigenvalue weighted by Gasteiger charge is 2.15. The second-order valence-electron chi connectivity index (χ2n) is 4.36. The Balaban J connectivity index is 2.75. The van der Waals surface area contributed by atoms with Crippen LogP contribution in [-0.4, -0.2) is 15.4 Å². The average Bonchev–Trinajstić information content (AvgIpc) is 2.15. The Labute approximate surface area is 101 Å². The maximum atomic E-state index is 5.85. The second kappa shape index (κ2) is 5.14. The number of ether oxygens (including phenoxy) is 1. The van der Waals surface area contributed by atoms with E-state index in [1.54, 1.807) is 7.11 Å². The van der Waals surface area contributed by atoms with Crippen LogP contribution in [0.2, 0.25) is 19.6 Å². The molecule has 0 radical (unpaired) electrons. The molecule has 2 nitrogen and oxygen atoms in total. The van der Waals surface area contributed by atoms with Gasteiger partial charge in [-0.05, 0) is 43.4 Å². The topological polar surface area (TPSA) is 18.5 Å². The lowest BCUT2D eigenvalue weighted by Crippen LogP contribution is -2.24. The molecule has 0 heterocycles. The van der Waals surface area contributed by atoms with E-state index in [-0.39, 0.29) is 0 Å². The highest BCUT2D eigenvalue weighted by molar-refractivity contribution is 9.10. The van der Waals surface area contributed by atoms with Gasteiger partial charge in [0.05, 0.1) is 13.7 Å². The van der Waals surface area contributed by atoms with Crippen LogP contribution in [0.1, 0.15) is 5.56 Å². The van der Waals surface area contributed by atoms with Gasteiger partial charge in [-0.15, -0.1) is 0 Å². The molecule has 0 N–H and O–H groups in total. The van der Waals surface area contributed by atoms with Crippen molar-refractivity contribution < 1.29 is 9.16 Å². The molecule has 1 aromatic rings. The molecule has 0 amide bonds. The zero-order valence-electron chi connectivity index (χ0n) is 9.63. The highest BCUT2D eigenvalue weighted by Crippen LogP contribution is 2.24. The SMILES string of the molecule is COc1ccc(Br)c(CO[Si](C)(C)C)c1. The normalized spacial score (nSPS) is 11.5. The van der Waals surface area contributed by atoms with Crippen molar-refractivity contribution >= 4 is 24.2 Å². The van der Waals surface area contributed by atoms with E-state index in [4.69, 9.17) is 9.16 Å². The summed E-state index contributed by atoms with van der Waals surface area (Å²) >= 11 is 3.51. The number of hydrogen-bond donors (Lipinski definition) is 0. The summed E-state index contributed by atoms with van der Waals surface area (Å²) in [5.41, 5.74) is 1.14. The molecule has 0 unspecified atom stereocenters. The molecule has 0 aliphatic rings.